The van der Waals surface area contributed by atoms with E-state index in [1.807, 2.05) is 35.5 Å². The average Bonchev–Trinajstić information content (AvgIpc) is 3.21. The second kappa shape index (κ2) is 9.56. The van der Waals surface area contributed by atoms with Gasteiger partial charge in [-0.15, -0.1) is 0 Å². The van der Waals surface area contributed by atoms with E-state index in [0.717, 1.165) is 39.1 Å². The summed E-state index contributed by atoms with van der Waals surface area (Å²) in [5.74, 6) is 0.755. The molecule has 1 fully saturated rings. The van der Waals surface area contributed by atoms with Crippen LogP contribution in [0.5, 0.6) is 0 Å². The van der Waals surface area contributed by atoms with Gasteiger partial charge in [-0.25, -0.2) is 0 Å². The summed E-state index contributed by atoms with van der Waals surface area (Å²) >= 11 is 0. The molecular formula is C23H31N3O. The molecule has 0 saturated carbocycles. The summed E-state index contributed by atoms with van der Waals surface area (Å²) in [5.41, 5.74) is 1.23. The molecule has 1 saturated heterocycles. The van der Waals surface area contributed by atoms with Gasteiger partial charge in [0.15, 0.2) is 0 Å². The standard InChI is InChI=1S/C23H31N3O/c1-20(2)19-22(25-13-6-7-14-25)23(27)26-17-15-24(16-18-26)12-8-11-21-9-4-3-5-10-21/h3-11,13-14,20,22H,12,15-19H2,1-2H3/t22-/m1/s1. The van der Waals surface area contributed by atoms with Crippen molar-refractivity contribution in [3.63, 3.8) is 0 Å². The van der Waals surface area contributed by atoms with Gasteiger partial charge in [0.1, 0.15) is 6.04 Å². The van der Waals surface area contributed by atoms with Crippen LogP contribution in [0.2, 0.25) is 0 Å². The molecule has 1 aliphatic rings. The zero-order valence-corrected chi connectivity index (χ0v) is 16.5. The molecule has 4 nitrogen and oxygen atoms in total. The van der Waals surface area contributed by atoms with Gasteiger partial charge in [0.25, 0.3) is 0 Å². The van der Waals surface area contributed by atoms with E-state index in [1.54, 1.807) is 0 Å². The number of hydrogen-bond donors (Lipinski definition) is 0. The number of benzene rings is 1. The van der Waals surface area contributed by atoms with Crippen molar-refractivity contribution >= 4 is 12.0 Å². The highest BCUT2D eigenvalue weighted by molar-refractivity contribution is 5.80. The summed E-state index contributed by atoms with van der Waals surface area (Å²) in [5, 5.41) is 0. The topological polar surface area (TPSA) is 28.5 Å². The van der Waals surface area contributed by atoms with Gasteiger partial charge in [-0.3, -0.25) is 9.69 Å². The van der Waals surface area contributed by atoms with Crippen LogP contribution in [0.3, 0.4) is 0 Å². The maximum absolute atomic E-state index is 13.1. The first-order chi connectivity index (χ1) is 13.1. The summed E-state index contributed by atoms with van der Waals surface area (Å²) < 4.78 is 2.07. The molecule has 0 N–H and O–H groups in total. The van der Waals surface area contributed by atoms with Gasteiger partial charge in [-0.1, -0.05) is 56.3 Å². The molecule has 1 atom stereocenters. The maximum atomic E-state index is 13.1. The van der Waals surface area contributed by atoms with Crippen LogP contribution in [0.1, 0.15) is 31.9 Å². The number of piperazine rings is 1. The maximum Gasteiger partial charge on any atom is 0.245 e. The van der Waals surface area contributed by atoms with Crippen molar-refractivity contribution in [3.8, 4) is 0 Å². The molecule has 0 spiro atoms. The van der Waals surface area contributed by atoms with Gasteiger partial charge in [-0.05, 0) is 30.0 Å². The Hall–Kier alpha value is -2.33. The average molecular weight is 366 g/mol. The summed E-state index contributed by atoms with van der Waals surface area (Å²) in [6.07, 6.45) is 9.29. The molecule has 1 aliphatic heterocycles. The van der Waals surface area contributed by atoms with Crippen LogP contribution in [-0.2, 0) is 4.79 Å². The molecule has 0 aliphatic carbocycles. The van der Waals surface area contributed by atoms with E-state index in [2.05, 4.69) is 59.7 Å². The fraction of sp³-hybridized carbons (Fsp3) is 0.435. The SMILES string of the molecule is CC(C)C[C@H](C(=O)N1CCN(CC=Cc2ccccc2)CC1)n1cccc1. The molecule has 144 valence electrons. The van der Waals surface area contributed by atoms with Crippen molar-refractivity contribution in [3.05, 3.63) is 66.5 Å². The van der Waals surface area contributed by atoms with Crippen LogP contribution >= 0.6 is 0 Å². The summed E-state index contributed by atoms with van der Waals surface area (Å²) in [6, 6.07) is 14.3. The van der Waals surface area contributed by atoms with E-state index in [-0.39, 0.29) is 11.9 Å². The van der Waals surface area contributed by atoms with Crippen molar-refractivity contribution in [1.29, 1.82) is 0 Å². The van der Waals surface area contributed by atoms with E-state index >= 15 is 0 Å². The Bertz CT molecular complexity index is 713. The first-order valence-corrected chi connectivity index (χ1v) is 9.98. The zero-order chi connectivity index (χ0) is 19.1. The fourth-order valence-corrected chi connectivity index (χ4v) is 3.62. The lowest BCUT2D eigenvalue weighted by Crippen LogP contribution is -2.50. The van der Waals surface area contributed by atoms with Gasteiger partial charge in [0, 0.05) is 45.1 Å². The minimum Gasteiger partial charge on any atom is -0.342 e. The Balaban J connectivity index is 1.51. The smallest absolute Gasteiger partial charge is 0.245 e. The van der Waals surface area contributed by atoms with Crippen molar-refractivity contribution in [2.24, 2.45) is 5.92 Å². The normalized spacial score (nSPS) is 16.9. The first-order valence-electron chi connectivity index (χ1n) is 9.98. The number of carbonyl (C=O) groups excluding carboxylic acids is 1. The minimum absolute atomic E-state index is 0.0791. The third kappa shape index (κ3) is 5.57. The Kier molecular flexibility index (Phi) is 6.88. The number of aromatic nitrogens is 1. The lowest BCUT2D eigenvalue weighted by Gasteiger charge is -2.36. The second-order valence-electron chi connectivity index (χ2n) is 7.71. The molecule has 1 aromatic heterocycles. The zero-order valence-electron chi connectivity index (χ0n) is 16.5. The Morgan fingerprint density at radius 2 is 1.67 bits per heavy atom. The predicted molar refractivity (Wildman–Crippen MR) is 111 cm³/mol. The van der Waals surface area contributed by atoms with E-state index in [4.69, 9.17) is 0 Å². The molecule has 2 heterocycles. The third-order valence-corrected chi connectivity index (χ3v) is 5.12. The number of carbonyl (C=O) groups is 1. The molecule has 27 heavy (non-hydrogen) atoms. The predicted octanol–water partition coefficient (Wildman–Crippen LogP) is 3.93. The third-order valence-electron chi connectivity index (χ3n) is 5.12. The molecule has 3 rings (SSSR count). The number of nitrogens with zero attached hydrogens (tertiary/aromatic N) is 3. The molecule has 0 unspecified atom stereocenters. The summed E-state index contributed by atoms with van der Waals surface area (Å²) in [4.78, 5) is 17.6. The van der Waals surface area contributed by atoms with Crippen molar-refractivity contribution in [2.45, 2.75) is 26.3 Å². The number of rotatable bonds is 7. The summed E-state index contributed by atoms with van der Waals surface area (Å²) in [7, 11) is 0. The van der Waals surface area contributed by atoms with Crippen LogP contribution in [0, 0.1) is 5.92 Å². The van der Waals surface area contributed by atoms with Gasteiger partial charge in [0.2, 0.25) is 5.91 Å². The lowest BCUT2D eigenvalue weighted by molar-refractivity contribution is -0.137. The Labute approximate surface area is 163 Å². The van der Waals surface area contributed by atoms with Crippen LogP contribution in [-0.4, -0.2) is 53.0 Å². The Morgan fingerprint density at radius 3 is 2.30 bits per heavy atom. The van der Waals surface area contributed by atoms with Crippen molar-refractivity contribution in [2.75, 3.05) is 32.7 Å². The van der Waals surface area contributed by atoms with E-state index < -0.39 is 0 Å². The van der Waals surface area contributed by atoms with Gasteiger partial charge >= 0.3 is 0 Å². The Morgan fingerprint density at radius 1 is 1.00 bits per heavy atom. The fourth-order valence-electron chi connectivity index (χ4n) is 3.62. The highest BCUT2D eigenvalue weighted by atomic mass is 16.2. The number of hydrogen-bond acceptors (Lipinski definition) is 2. The highest BCUT2D eigenvalue weighted by Crippen LogP contribution is 2.21. The lowest BCUT2D eigenvalue weighted by atomic mass is 10.0. The molecule has 2 aromatic rings. The van der Waals surface area contributed by atoms with Crippen LogP contribution in [0.15, 0.2) is 60.9 Å². The molecule has 0 bridgehead atoms. The van der Waals surface area contributed by atoms with E-state index in [0.29, 0.717) is 5.92 Å². The number of amides is 1. The minimum atomic E-state index is -0.0791. The van der Waals surface area contributed by atoms with E-state index in [1.165, 1.54) is 5.56 Å². The molecule has 0 radical (unpaired) electrons. The van der Waals surface area contributed by atoms with E-state index in [9.17, 15) is 4.79 Å². The quantitative estimate of drug-likeness (QED) is 0.744. The molecule has 1 amide bonds. The van der Waals surface area contributed by atoms with Crippen LogP contribution < -0.4 is 0 Å². The van der Waals surface area contributed by atoms with Gasteiger partial charge in [-0.2, -0.15) is 0 Å². The van der Waals surface area contributed by atoms with Gasteiger partial charge < -0.3 is 9.47 Å². The van der Waals surface area contributed by atoms with Crippen molar-refractivity contribution in [1.82, 2.24) is 14.4 Å². The van der Waals surface area contributed by atoms with Gasteiger partial charge in [0.05, 0.1) is 0 Å². The molecule has 4 heteroatoms. The summed E-state index contributed by atoms with van der Waals surface area (Å²) in [6.45, 7) is 8.79. The molecule has 1 aromatic carbocycles. The van der Waals surface area contributed by atoms with Crippen molar-refractivity contribution < 1.29 is 4.79 Å². The highest BCUT2D eigenvalue weighted by Gasteiger charge is 2.28. The molecular weight excluding hydrogens is 334 g/mol. The van der Waals surface area contributed by atoms with Crippen LogP contribution in [0.4, 0.5) is 0 Å². The second-order valence-corrected chi connectivity index (χ2v) is 7.71. The first kappa shape index (κ1) is 19.4. The largest absolute Gasteiger partial charge is 0.342 e. The monoisotopic (exact) mass is 365 g/mol. The van der Waals surface area contributed by atoms with Crippen LogP contribution in [0.25, 0.3) is 6.08 Å².